The van der Waals surface area contributed by atoms with Crippen molar-refractivity contribution < 1.29 is 17.9 Å². The van der Waals surface area contributed by atoms with E-state index in [1.165, 1.54) is 19.2 Å². The number of hydrogen-bond donors (Lipinski definition) is 2. The fourth-order valence-corrected chi connectivity index (χ4v) is 3.96. The maximum atomic E-state index is 12.8. The fraction of sp³-hybridized carbons (Fsp3) is 0.136. The summed E-state index contributed by atoms with van der Waals surface area (Å²) in [5.41, 5.74) is 1.54. The molecule has 0 fully saturated rings. The van der Waals surface area contributed by atoms with Gasteiger partial charge in [-0.25, -0.2) is 8.42 Å². The molecule has 0 radical (unpaired) electrons. The van der Waals surface area contributed by atoms with Crippen molar-refractivity contribution in [2.75, 3.05) is 11.8 Å². The van der Waals surface area contributed by atoms with E-state index in [9.17, 15) is 13.2 Å². The SMILES string of the molecule is COc1ccccc1NS(=O)(=O)c1cccc(C(=O)NC(C)c2ccccc2)c1. The average Bonchev–Trinajstić information content (AvgIpc) is 2.74. The van der Waals surface area contributed by atoms with Gasteiger partial charge >= 0.3 is 0 Å². The van der Waals surface area contributed by atoms with Gasteiger partial charge in [-0.15, -0.1) is 0 Å². The van der Waals surface area contributed by atoms with Gasteiger partial charge in [0.05, 0.1) is 23.7 Å². The first-order chi connectivity index (χ1) is 13.9. The number of amides is 1. The molecule has 3 aromatic carbocycles. The largest absolute Gasteiger partial charge is 0.495 e. The van der Waals surface area contributed by atoms with Crippen LogP contribution < -0.4 is 14.8 Å². The van der Waals surface area contributed by atoms with Crippen LogP contribution in [0.15, 0.2) is 83.8 Å². The number of benzene rings is 3. The number of hydrogen-bond acceptors (Lipinski definition) is 4. The second kappa shape index (κ2) is 8.79. The zero-order valence-corrected chi connectivity index (χ0v) is 16.9. The number of sulfonamides is 1. The third-order valence-corrected chi connectivity index (χ3v) is 5.77. The lowest BCUT2D eigenvalue weighted by molar-refractivity contribution is 0.0939. The first kappa shape index (κ1) is 20.4. The summed E-state index contributed by atoms with van der Waals surface area (Å²) in [7, 11) is -2.43. The van der Waals surface area contributed by atoms with Crippen LogP contribution in [0.25, 0.3) is 0 Å². The molecule has 3 aromatic rings. The van der Waals surface area contributed by atoms with Gasteiger partial charge in [0, 0.05) is 5.56 Å². The summed E-state index contributed by atoms with van der Waals surface area (Å²) in [5, 5.41) is 2.88. The Morgan fingerprint density at radius 3 is 2.34 bits per heavy atom. The van der Waals surface area contributed by atoms with Gasteiger partial charge in [0.25, 0.3) is 15.9 Å². The Labute approximate surface area is 170 Å². The van der Waals surface area contributed by atoms with Crippen molar-refractivity contribution in [3.05, 3.63) is 90.0 Å². The molecular weight excluding hydrogens is 388 g/mol. The highest BCUT2D eigenvalue weighted by molar-refractivity contribution is 7.92. The Kier molecular flexibility index (Phi) is 6.19. The number of rotatable bonds is 7. The minimum atomic E-state index is -3.89. The van der Waals surface area contributed by atoms with E-state index in [4.69, 9.17) is 4.74 Å². The topological polar surface area (TPSA) is 84.5 Å². The van der Waals surface area contributed by atoms with Crippen molar-refractivity contribution >= 4 is 21.6 Å². The summed E-state index contributed by atoms with van der Waals surface area (Å²) in [6.45, 7) is 1.87. The van der Waals surface area contributed by atoms with Gasteiger partial charge in [0.2, 0.25) is 0 Å². The summed E-state index contributed by atoms with van der Waals surface area (Å²) in [4.78, 5) is 12.6. The molecule has 0 saturated heterocycles. The van der Waals surface area contributed by atoms with Crippen LogP contribution in [0.3, 0.4) is 0 Å². The first-order valence-electron chi connectivity index (χ1n) is 9.02. The Morgan fingerprint density at radius 1 is 0.931 bits per heavy atom. The number of carbonyl (C=O) groups excluding carboxylic acids is 1. The van der Waals surface area contributed by atoms with E-state index in [2.05, 4.69) is 10.0 Å². The molecule has 150 valence electrons. The maximum absolute atomic E-state index is 12.8. The van der Waals surface area contributed by atoms with E-state index in [-0.39, 0.29) is 22.4 Å². The number of methoxy groups -OCH3 is 1. The van der Waals surface area contributed by atoms with Crippen LogP contribution in [0.2, 0.25) is 0 Å². The zero-order valence-electron chi connectivity index (χ0n) is 16.1. The second-order valence-corrected chi connectivity index (χ2v) is 8.12. The van der Waals surface area contributed by atoms with Crippen LogP contribution in [0.1, 0.15) is 28.9 Å². The Hall–Kier alpha value is -3.32. The van der Waals surface area contributed by atoms with Crippen molar-refractivity contribution in [3.63, 3.8) is 0 Å². The van der Waals surface area contributed by atoms with Crippen molar-refractivity contribution in [2.24, 2.45) is 0 Å². The molecule has 1 unspecified atom stereocenters. The summed E-state index contributed by atoms with van der Waals surface area (Å²) >= 11 is 0. The maximum Gasteiger partial charge on any atom is 0.262 e. The monoisotopic (exact) mass is 410 g/mol. The van der Waals surface area contributed by atoms with Crippen LogP contribution >= 0.6 is 0 Å². The molecule has 0 spiro atoms. The summed E-state index contributed by atoms with van der Waals surface area (Å²) in [5.74, 6) is 0.0531. The molecule has 29 heavy (non-hydrogen) atoms. The van der Waals surface area contributed by atoms with E-state index in [1.807, 2.05) is 37.3 Å². The van der Waals surface area contributed by atoms with Crippen molar-refractivity contribution in [3.8, 4) is 5.75 Å². The smallest absolute Gasteiger partial charge is 0.262 e. The number of para-hydroxylation sites is 2. The lowest BCUT2D eigenvalue weighted by atomic mass is 10.1. The molecule has 0 aliphatic rings. The van der Waals surface area contributed by atoms with Crippen molar-refractivity contribution in [1.29, 1.82) is 0 Å². The van der Waals surface area contributed by atoms with Crippen LogP contribution in [-0.2, 0) is 10.0 Å². The number of ether oxygens (including phenoxy) is 1. The van der Waals surface area contributed by atoms with Crippen LogP contribution in [0.4, 0.5) is 5.69 Å². The van der Waals surface area contributed by atoms with E-state index >= 15 is 0 Å². The van der Waals surface area contributed by atoms with Crippen molar-refractivity contribution in [2.45, 2.75) is 17.9 Å². The minimum Gasteiger partial charge on any atom is -0.495 e. The van der Waals surface area contributed by atoms with Gasteiger partial charge < -0.3 is 10.1 Å². The molecular formula is C22H22N2O4S. The molecule has 0 heterocycles. The molecule has 7 heteroatoms. The first-order valence-corrected chi connectivity index (χ1v) is 10.5. The Morgan fingerprint density at radius 2 is 1.62 bits per heavy atom. The third kappa shape index (κ3) is 4.94. The minimum absolute atomic E-state index is 0.0107. The molecule has 1 atom stereocenters. The molecule has 0 aliphatic heterocycles. The highest BCUT2D eigenvalue weighted by atomic mass is 32.2. The number of nitrogens with one attached hydrogen (secondary N) is 2. The standard InChI is InChI=1S/C22H22N2O4S/c1-16(17-9-4-3-5-10-17)23-22(25)18-11-8-12-19(15-18)29(26,27)24-20-13-6-7-14-21(20)28-2/h3-16,24H,1-2H3,(H,23,25). The Balaban J connectivity index is 1.80. The van der Waals surface area contributed by atoms with Gasteiger partial charge in [-0.1, -0.05) is 48.5 Å². The van der Waals surface area contributed by atoms with Gasteiger partial charge in [-0.2, -0.15) is 0 Å². The average molecular weight is 410 g/mol. The molecule has 0 aromatic heterocycles. The van der Waals surface area contributed by atoms with Gasteiger partial charge in [0.1, 0.15) is 5.75 Å². The zero-order chi connectivity index (χ0) is 20.9. The van der Waals surface area contributed by atoms with Gasteiger partial charge in [0.15, 0.2) is 0 Å². The summed E-state index contributed by atoms with van der Waals surface area (Å²) in [6, 6.07) is 22.0. The van der Waals surface area contributed by atoms with Crippen LogP contribution in [-0.4, -0.2) is 21.4 Å². The van der Waals surface area contributed by atoms with E-state index in [0.29, 0.717) is 11.4 Å². The van der Waals surface area contributed by atoms with E-state index in [1.54, 1.807) is 36.4 Å². The summed E-state index contributed by atoms with van der Waals surface area (Å²) < 4.78 is 33.3. The predicted molar refractivity (Wildman–Crippen MR) is 113 cm³/mol. The third-order valence-electron chi connectivity index (χ3n) is 4.40. The molecule has 1 amide bonds. The van der Waals surface area contributed by atoms with Crippen LogP contribution in [0.5, 0.6) is 5.75 Å². The fourth-order valence-electron chi connectivity index (χ4n) is 2.84. The molecule has 2 N–H and O–H groups in total. The van der Waals surface area contributed by atoms with Gasteiger partial charge in [-0.05, 0) is 42.8 Å². The van der Waals surface area contributed by atoms with Gasteiger partial charge in [-0.3, -0.25) is 9.52 Å². The lowest BCUT2D eigenvalue weighted by Gasteiger charge is -2.15. The van der Waals surface area contributed by atoms with Crippen molar-refractivity contribution in [1.82, 2.24) is 5.32 Å². The quantitative estimate of drug-likeness (QED) is 0.617. The highest BCUT2D eigenvalue weighted by Gasteiger charge is 2.19. The highest BCUT2D eigenvalue weighted by Crippen LogP contribution is 2.26. The molecule has 0 bridgehead atoms. The second-order valence-electron chi connectivity index (χ2n) is 6.44. The summed E-state index contributed by atoms with van der Waals surface area (Å²) in [6.07, 6.45) is 0. The predicted octanol–water partition coefficient (Wildman–Crippen LogP) is 3.99. The van der Waals surface area contributed by atoms with E-state index < -0.39 is 10.0 Å². The molecule has 0 aliphatic carbocycles. The molecule has 3 rings (SSSR count). The van der Waals surface area contributed by atoms with E-state index in [0.717, 1.165) is 5.56 Å². The number of anilines is 1. The Bertz CT molecular complexity index is 1100. The molecule has 6 nitrogen and oxygen atoms in total. The lowest BCUT2D eigenvalue weighted by Crippen LogP contribution is -2.27. The number of carbonyl (C=O) groups is 1. The molecule has 0 saturated carbocycles. The van der Waals surface area contributed by atoms with Crippen LogP contribution in [0, 0.1) is 0 Å². The normalized spacial score (nSPS) is 12.1.